The van der Waals surface area contributed by atoms with Crippen LogP contribution >= 0.6 is 0 Å². The predicted molar refractivity (Wildman–Crippen MR) is 56.5 cm³/mol. The fourth-order valence-corrected chi connectivity index (χ4v) is 1.64. The summed E-state index contributed by atoms with van der Waals surface area (Å²) in [5, 5.41) is 10.7. The first-order valence-corrected chi connectivity index (χ1v) is 5.58. The molecule has 16 heavy (non-hydrogen) atoms. The summed E-state index contributed by atoms with van der Waals surface area (Å²) in [7, 11) is 0. The van der Waals surface area contributed by atoms with E-state index in [9.17, 15) is 4.79 Å². The number of carbonyl (C=O) groups is 1. The predicted octanol–water partition coefficient (Wildman–Crippen LogP) is 0.0948. The molecular weight excluding hydrogens is 208 g/mol. The van der Waals surface area contributed by atoms with Crippen LogP contribution in [0.5, 0.6) is 0 Å². The quantitative estimate of drug-likeness (QED) is 0.678. The van der Waals surface area contributed by atoms with Crippen LogP contribution in [0.15, 0.2) is 6.20 Å². The Balaban J connectivity index is 1.97. The molecule has 1 aliphatic rings. The monoisotopic (exact) mass is 224 g/mol. The van der Waals surface area contributed by atoms with Crippen LogP contribution in [0.4, 0.5) is 0 Å². The van der Waals surface area contributed by atoms with Gasteiger partial charge in [-0.3, -0.25) is 4.79 Å². The Morgan fingerprint density at radius 2 is 2.38 bits per heavy atom. The third-order valence-corrected chi connectivity index (χ3v) is 2.51. The molecule has 0 aliphatic carbocycles. The number of carbonyl (C=O) groups excluding carboxylic acids is 1. The molecule has 6 heteroatoms. The van der Waals surface area contributed by atoms with Gasteiger partial charge in [0.05, 0.1) is 18.5 Å². The van der Waals surface area contributed by atoms with Crippen LogP contribution < -0.4 is 5.32 Å². The summed E-state index contributed by atoms with van der Waals surface area (Å²) in [6.07, 6.45) is 3.88. The minimum atomic E-state index is 0.0993. The molecule has 0 radical (unpaired) electrons. The molecule has 0 fully saturated rings. The highest BCUT2D eigenvalue weighted by Gasteiger charge is 2.07. The van der Waals surface area contributed by atoms with Gasteiger partial charge < -0.3 is 10.1 Å². The zero-order valence-corrected chi connectivity index (χ0v) is 9.19. The summed E-state index contributed by atoms with van der Waals surface area (Å²) in [6, 6.07) is 0. The molecule has 1 aromatic rings. The number of rotatable bonds is 0. The van der Waals surface area contributed by atoms with E-state index in [0.717, 1.165) is 18.5 Å². The molecule has 2 heterocycles. The SMILES string of the molecule is O=C1CCCn2nncc2COCCCN1. The van der Waals surface area contributed by atoms with Gasteiger partial charge in [-0.15, -0.1) is 5.10 Å². The van der Waals surface area contributed by atoms with Gasteiger partial charge in [0.2, 0.25) is 5.91 Å². The highest BCUT2D eigenvalue weighted by Crippen LogP contribution is 2.03. The molecular formula is C10H16N4O2. The molecule has 0 saturated heterocycles. The number of nitrogens with zero attached hydrogens (tertiary/aromatic N) is 3. The molecule has 88 valence electrons. The lowest BCUT2D eigenvalue weighted by molar-refractivity contribution is -0.121. The Hall–Kier alpha value is -1.43. The standard InChI is InChI=1S/C10H16N4O2/c15-10-3-1-5-14-9(7-12-13-14)8-16-6-2-4-11-10/h7H,1-6,8H2,(H,11,15). The molecule has 0 bridgehead atoms. The van der Waals surface area contributed by atoms with Crippen molar-refractivity contribution in [2.45, 2.75) is 32.4 Å². The number of aryl methyl sites for hydroxylation is 1. The lowest BCUT2D eigenvalue weighted by Crippen LogP contribution is -2.26. The number of hydrogen-bond acceptors (Lipinski definition) is 4. The second-order valence-corrected chi connectivity index (χ2v) is 3.81. The number of ether oxygens (including phenoxy) is 1. The zero-order chi connectivity index (χ0) is 11.2. The lowest BCUT2D eigenvalue weighted by atomic mass is 10.3. The number of aromatic nitrogens is 3. The molecule has 0 unspecified atom stereocenters. The van der Waals surface area contributed by atoms with E-state index in [-0.39, 0.29) is 5.91 Å². The van der Waals surface area contributed by atoms with Crippen LogP contribution in [-0.4, -0.2) is 34.1 Å². The van der Waals surface area contributed by atoms with Gasteiger partial charge in [0.15, 0.2) is 0 Å². The summed E-state index contributed by atoms with van der Waals surface area (Å²) in [4.78, 5) is 11.4. The molecule has 0 spiro atoms. The van der Waals surface area contributed by atoms with Gasteiger partial charge in [0.25, 0.3) is 0 Å². The van der Waals surface area contributed by atoms with Crippen molar-refractivity contribution in [3.05, 3.63) is 11.9 Å². The van der Waals surface area contributed by atoms with Gasteiger partial charge in [-0.1, -0.05) is 5.21 Å². The molecule has 0 atom stereocenters. The van der Waals surface area contributed by atoms with Crippen LogP contribution in [0.2, 0.25) is 0 Å². The largest absolute Gasteiger partial charge is 0.375 e. The Morgan fingerprint density at radius 1 is 1.44 bits per heavy atom. The minimum Gasteiger partial charge on any atom is -0.375 e. The Bertz CT molecular complexity index is 350. The van der Waals surface area contributed by atoms with E-state index in [2.05, 4.69) is 15.6 Å². The number of fused-ring (bicyclic) bond motifs is 1. The number of nitrogens with one attached hydrogen (secondary N) is 1. The summed E-state index contributed by atoms with van der Waals surface area (Å²) < 4.78 is 7.27. The van der Waals surface area contributed by atoms with E-state index in [1.54, 1.807) is 10.9 Å². The normalized spacial score (nSPS) is 19.1. The van der Waals surface area contributed by atoms with Crippen molar-refractivity contribution in [1.29, 1.82) is 0 Å². The van der Waals surface area contributed by atoms with Crippen molar-refractivity contribution in [3.63, 3.8) is 0 Å². The maximum absolute atomic E-state index is 11.4. The highest BCUT2D eigenvalue weighted by molar-refractivity contribution is 5.75. The Morgan fingerprint density at radius 3 is 3.31 bits per heavy atom. The third kappa shape index (κ3) is 3.03. The maximum Gasteiger partial charge on any atom is 0.220 e. The van der Waals surface area contributed by atoms with Gasteiger partial charge in [0.1, 0.15) is 0 Å². The van der Waals surface area contributed by atoms with Gasteiger partial charge >= 0.3 is 0 Å². The minimum absolute atomic E-state index is 0.0993. The molecule has 6 nitrogen and oxygen atoms in total. The van der Waals surface area contributed by atoms with Crippen molar-refractivity contribution in [1.82, 2.24) is 20.3 Å². The van der Waals surface area contributed by atoms with E-state index >= 15 is 0 Å². The van der Waals surface area contributed by atoms with Gasteiger partial charge in [-0.25, -0.2) is 4.68 Å². The zero-order valence-electron chi connectivity index (χ0n) is 9.19. The molecule has 1 N–H and O–H groups in total. The van der Waals surface area contributed by atoms with Crippen LogP contribution in [0.1, 0.15) is 25.0 Å². The van der Waals surface area contributed by atoms with Crippen LogP contribution in [0.3, 0.4) is 0 Å². The van der Waals surface area contributed by atoms with Crippen LogP contribution in [-0.2, 0) is 22.7 Å². The second-order valence-electron chi connectivity index (χ2n) is 3.81. The van der Waals surface area contributed by atoms with Crippen molar-refractivity contribution in [2.24, 2.45) is 0 Å². The molecule has 1 amide bonds. The first-order valence-electron chi connectivity index (χ1n) is 5.58. The van der Waals surface area contributed by atoms with Crippen LogP contribution in [0, 0.1) is 0 Å². The summed E-state index contributed by atoms with van der Waals surface area (Å²) in [6.45, 7) is 2.59. The van der Waals surface area contributed by atoms with Crippen LogP contribution in [0.25, 0.3) is 0 Å². The maximum atomic E-state index is 11.4. The average Bonchev–Trinajstić information content (AvgIpc) is 2.69. The van der Waals surface area contributed by atoms with Crippen molar-refractivity contribution < 1.29 is 9.53 Å². The fourth-order valence-electron chi connectivity index (χ4n) is 1.64. The first-order chi connectivity index (χ1) is 7.86. The van der Waals surface area contributed by atoms with Crippen molar-refractivity contribution >= 4 is 5.91 Å². The van der Waals surface area contributed by atoms with Gasteiger partial charge in [-0.2, -0.15) is 0 Å². The number of hydrogen-bond donors (Lipinski definition) is 1. The number of amides is 1. The highest BCUT2D eigenvalue weighted by atomic mass is 16.5. The Labute approximate surface area is 94.0 Å². The van der Waals surface area contributed by atoms with E-state index < -0.39 is 0 Å². The van der Waals surface area contributed by atoms with E-state index in [4.69, 9.17) is 4.74 Å². The summed E-state index contributed by atoms with van der Waals surface area (Å²) in [5.41, 5.74) is 0.973. The van der Waals surface area contributed by atoms with Crippen molar-refractivity contribution in [2.75, 3.05) is 13.2 Å². The van der Waals surface area contributed by atoms with E-state index in [1.165, 1.54) is 0 Å². The Kier molecular flexibility index (Phi) is 3.87. The van der Waals surface area contributed by atoms with Crippen molar-refractivity contribution in [3.8, 4) is 0 Å². The average molecular weight is 224 g/mol. The molecule has 0 aromatic carbocycles. The molecule has 2 rings (SSSR count). The smallest absolute Gasteiger partial charge is 0.220 e. The molecule has 0 saturated carbocycles. The molecule has 1 aliphatic heterocycles. The van der Waals surface area contributed by atoms with E-state index in [0.29, 0.717) is 32.7 Å². The van der Waals surface area contributed by atoms with Gasteiger partial charge in [-0.05, 0) is 12.8 Å². The van der Waals surface area contributed by atoms with Gasteiger partial charge in [0, 0.05) is 26.1 Å². The molecule has 1 aromatic heterocycles. The summed E-state index contributed by atoms with van der Waals surface area (Å²) >= 11 is 0. The fraction of sp³-hybridized carbons (Fsp3) is 0.700. The topological polar surface area (TPSA) is 69.0 Å². The third-order valence-electron chi connectivity index (χ3n) is 2.51. The van der Waals surface area contributed by atoms with E-state index in [1.807, 2.05) is 0 Å². The summed E-state index contributed by atoms with van der Waals surface area (Å²) in [5.74, 6) is 0.0993. The lowest BCUT2D eigenvalue weighted by Gasteiger charge is -2.10. The first kappa shape index (κ1) is 11.1. The second kappa shape index (κ2) is 5.60.